The third kappa shape index (κ3) is 4.92. The maximum Gasteiger partial charge on any atom is 0.330 e. The van der Waals surface area contributed by atoms with Gasteiger partial charge in [-0.15, -0.1) is 0 Å². The number of methoxy groups -OCH3 is 1. The van der Waals surface area contributed by atoms with Gasteiger partial charge in [-0.1, -0.05) is 6.07 Å². The van der Waals surface area contributed by atoms with E-state index >= 15 is 0 Å². The number of aliphatic carboxylic acids is 1. The molecule has 7 nitrogen and oxygen atoms in total. The Hall–Kier alpha value is -2.16. The van der Waals surface area contributed by atoms with Crippen LogP contribution in [-0.2, 0) is 19.4 Å². The van der Waals surface area contributed by atoms with Gasteiger partial charge in [-0.05, 0) is 31.5 Å². The van der Waals surface area contributed by atoms with Crippen LogP contribution in [0.3, 0.4) is 0 Å². The molecular weight excluding hydrogens is 329 g/mol. The lowest BCUT2D eigenvalue weighted by Gasteiger charge is -2.16. The lowest BCUT2D eigenvalue weighted by atomic mass is 10.1. The van der Waals surface area contributed by atoms with Gasteiger partial charge in [0, 0.05) is 0 Å². The summed E-state index contributed by atoms with van der Waals surface area (Å²) in [7, 11) is -2.41. The van der Waals surface area contributed by atoms with E-state index in [0.717, 1.165) is 6.07 Å². The first-order chi connectivity index (χ1) is 10.6. The summed E-state index contributed by atoms with van der Waals surface area (Å²) in [6.45, 7) is 2.83. The molecule has 1 aromatic rings. The first kappa shape index (κ1) is 18.9. The Morgan fingerprint density at radius 3 is 2.39 bits per heavy atom. The van der Waals surface area contributed by atoms with Crippen molar-refractivity contribution in [3.8, 4) is 5.75 Å². The average molecular weight is 347 g/mol. The fraction of sp³-hybridized carbons (Fsp3) is 0.429. The molecule has 1 aromatic carbocycles. The normalized spacial score (nSPS) is 12.7. The number of carboxylic acid groups (broad SMARTS) is 1. The van der Waals surface area contributed by atoms with E-state index in [2.05, 4.69) is 5.32 Å². The molecule has 0 aliphatic heterocycles. The predicted octanol–water partition coefficient (Wildman–Crippen LogP) is 0.899. The molecule has 0 aliphatic carbocycles. The van der Waals surface area contributed by atoms with Crippen molar-refractivity contribution in [1.82, 2.24) is 5.32 Å². The molecule has 9 heteroatoms. The van der Waals surface area contributed by atoms with Crippen molar-refractivity contribution in [1.29, 1.82) is 0 Å². The zero-order valence-electron chi connectivity index (χ0n) is 12.9. The average Bonchev–Trinajstić information content (AvgIpc) is 2.43. The van der Waals surface area contributed by atoms with Crippen molar-refractivity contribution >= 4 is 21.7 Å². The Labute approximate surface area is 133 Å². The Morgan fingerprint density at radius 2 is 1.96 bits per heavy atom. The smallest absolute Gasteiger partial charge is 0.330 e. The lowest BCUT2D eigenvalue weighted by molar-refractivity contribution is -0.141. The van der Waals surface area contributed by atoms with Crippen LogP contribution in [0, 0.1) is 5.82 Å². The predicted molar refractivity (Wildman–Crippen MR) is 80.4 cm³/mol. The molecular formula is C14H18FNO6S. The molecule has 1 atom stereocenters. The van der Waals surface area contributed by atoms with E-state index in [9.17, 15) is 27.5 Å². The van der Waals surface area contributed by atoms with Crippen LogP contribution >= 0.6 is 0 Å². The van der Waals surface area contributed by atoms with Crippen LogP contribution < -0.4 is 10.1 Å². The first-order valence-corrected chi connectivity index (χ1v) is 8.37. The van der Waals surface area contributed by atoms with Crippen LogP contribution in [0.5, 0.6) is 5.75 Å². The summed E-state index contributed by atoms with van der Waals surface area (Å²) in [4.78, 5) is 23.1. The van der Waals surface area contributed by atoms with Crippen LogP contribution in [0.25, 0.3) is 0 Å². The summed E-state index contributed by atoms with van der Waals surface area (Å²) in [5, 5.41) is 10.5. The number of hydrogen-bond donors (Lipinski definition) is 2. The van der Waals surface area contributed by atoms with Gasteiger partial charge in [-0.3, -0.25) is 4.79 Å². The maximum absolute atomic E-state index is 13.7. The summed E-state index contributed by atoms with van der Waals surface area (Å²) in [5.41, 5.74) is -0.0360. The third-order valence-electron chi connectivity index (χ3n) is 3.11. The van der Waals surface area contributed by atoms with Gasteiger partial charge in [0.15, 0.2) is 27.4 Å². The molecule has 0 aliphatic rings. The number of amides is 1. The second-order valence-corrected chi connectivity index (χ2v) is 7.65. The number of hydrogen-bond acceptors (Lipinski definition) is 5. The van der Waals surface area contributed by atoms with Gasteiger partial charge < -0.3 is 15.2 Å². The molecule has 0 saturated carbocycles. The zero-order valence-corrected chi connectivity index (χ0v) is 13.7. The Morgan fingerprint density at radius 1 is 1.35 bits per heavy atom. The van der Waals surface area contributed by atoms with Crippen molar-refractivity contribution in [2.24, 2.45) is 0 Å². The monoisotopic (exact) mass is 347 g/mol. The topological polar surface area (TPSA) is 110 Å². The molecule has 0 bridgehead atoms. The highest BCUT2D eigenvalue weighted by atomic mass is 32.2. The SMILES string of the molecule is COc1ccc(C(NC(=O)CS(=O)(=O)C(C)C)C(=O)O)cc1F. The maximum atomic E-state index is 13.7. The largest absolute Gasteiger partial charge is 0.494 e. The minimum absolute atomic E-state index is 0.0360. The van der Waals surface area contributed by atoms with Crippen molar-refractivity contribution in [3.63, 3.8) is 0 Å². The van der Waals surface area contributed by atoms with Gasteiger partial charge in [0.25, 0.3) is 0 Å². The number of benzene rings is 1. The highest BCUT2D eigenvalue weighted by Gasteiger charge is 2.27. The van der Waals surface area contributed by atoms with E-state index in [0.29, 0.717) is 0 Å². The number of halogens is 1. The fourth-order valence-electron chi connectivity index (χ4n) is 1.70. The zero-order chi connectivity index (χ0) is 17.8. The second-order valence-electron chi connectivity index (χ2n) is 5.09. The molecule has 0 heterocycles. The molecule has 2 N–H and O–H groups in total. The van der Waals surface area contributed by atoms with E-state index in [-0.39, 0.29) is 11.3 Å². The third-order valence-corrected chi connectivity index (χ3v) is 5.21. The van der Waals surface area contributed by atoms with E-state index in [1.54, 1.807) is 0 Å². The van der Waals surface area contributed by atoms with Gasteiger partial charge >= 0.3 is 5.97 Å². The van der Waals surface area contributed by atoms with Gasteiger partial charge in [0.2, 0.25) is 5.91 Å². The minimum Gasteiger partial charge on any atom is -0.494 e. The van der Waals surface area contributed by atoms with Crippen LogP contribution in [0.15, 0.2) is 18.2 Å². The summed E-state index contributed by atoms with van der Waals surface area (Å²) in [6, 6.07) is 1.84. The van der Waals surface area contributed by atoms with Gasteiger partial charge in [-0.2, -0.15) is 0 Å². The Kier molecular flexibility index (Phi) is 6.08. The lowest BCUT2D eigenvalue weighted by Crippen LogP contribution is -2.38. The number of carboxylic acids is 1. The number of sulfone groups is 1. The Balaban J connectivity index is 2.98. The number of carbonyl (C=O) groups is 2. The second kappa shape index (κ2) is 7.40. The van der Waals surface area contributed by atoms with Crippen molar-refractivity contribution in [3.05, 3.63) is 29.6 Å². The number of ether oxygens (including phenoxy) is 1. The van der Waals surface area contributed by atoms with Crippen LogP contribution in [0.2, 0.25) is 0 Å². The van der Waals surface area contributed by atoms with E-state index in [1.807, 2.05) is 0 Å². The van der Waals surface area contributed by atoms with Crippen molar-refractivity contribution < 1.29 is 32.2 Å². The molecule has 128 valence electrons. The molecule has 0 spiro atoms. The van der Waals surface area contributed by atoms with Crippen molar-refractivity contribution in [2.75, 3.05) is 12.9 Å². The summed E-state index contributed by atoms with van der Waals surface area (Å²) in [6.07, 6.45) is 0. The van der Waals surface area contributed by atoms with Crippen LogP contribution in [-0.4, -0.2) is 43.5 Å². The molecule has 0 saturated heterocycles. The quantitative estimate of drug-likeness (QED) is 0.758. The molecule has 23 heavy (non-hydrogen) atoms. The minimum atomic E-state index is -3.67. The summed E-state index contributed by atoms with van der Waals surface area (Å²) in [5.74, 6) is -4.12. The van der Waals surface area contributed by atoms with Crippen molar-refractivity contribution in [2.45, 2.75) is 25.1 Å². The molecule has 0 aromatic heterocycles. The number of carbonyl (C=O) groups excluding carboxylic acids is 1. The van der Waals surface area contributed by atoms with Gasteiger partial charge in [0.1, 0.15) is 5.75 Å². The van der Waals surface area contributed by atoms with Gasteiger partial charge in [-0.25, -0.2) is 17.6 Å². The van der Waals surface area contributed by atoms with Crippen LogP contribution in [0.1, 0.15) is 25.5 Å². The highest BCUT2D eigenvalue weighted by Crippen LogP contribution is 2.22. The first-order valence-electron chi connectivity index (χ1n) is 6.65. The molecule has 1 rings (SSSR count). The molecule has 0 fully saturated rings. The number of nitrogens with one attached hydrogen (secondary N) is 1. The molecule has 1 amide bonds. The molecule has 1 unspecified atom stereocenters. The summed E-state index contributed by atoms with van der Waals surface area (Å²) >= 11 is 0. The Bertz CT molecular complexity index is 701. The fourth-order valence-corrected chi connectivity index (χ4v) is 2.48. The van der Waals surface area contributed by atoms with Crippen LogP contribution in [0.4, 0.5) is 4.39 Å². The van der Waals surface area contributed by atoms with E-state index < -0.39 is 44.6 Å². The van der Waals surface area contributed by atoms with Gasteiger partial charge in [0.05, 0.1) is 12.4 Å². The summed E-state index contributed by atoms with van der Waals surface area (Å²) < 4.78 is 41.7. The number of rotatable bonds is 7. The highest BCUT2D eigenvalue weighted by molar-refractivity contribution is 7.92. The molecule has 0 radical (unpaired) electrons. The standard InChI is InChI=1S/C14H18FNO6S/c1-8(2)23(20,21)7-12(17)16-13(14(18)19)9-4-5-11(22-3)10(15)6-9/h4-6,8,13H,7H2,1-3H3,(H,16,17)(H,18,19). The van der Waals surface area contributed by atoms with E-state index in [1.165, 1.54) is 33.1 Å². The van der Waals surface area contributed by atoms with E-state index in [4.69, 9.17) is 4.74 Å².